The molecule has 3 N–H and O–H groups in total. The molecule has 0 fully saturated rings. The third-order valence-corrected chi connectivity index (χ3v) is 3.28. The summed E-state index contributed by atoms with van der Waals surface area (Å²) in [6.07, 6.45) is -0.165. The Balaban J connectivity index is 2.19. The molecule has 1 amide bonds. The molecule has 98 valence electrons. The molecule has 0 atom stereocenters. The molecule has 5 nitrogen and oxygen atoms in total. The minimum Gasteiger partial charge on any atom is -0.506 e. The number of carboxylic acids is 1. The summed E-state index contributed by atoms with van der Waals surface area (Å²) in [6, 6.07) is 7.74. The van der Waals surface area contributed by atoms with Crippen LogP contribution in [0.3, 0.4) is 0 Å². The van der Waals surface area contributed by atoms with Crippen LogP contribution in [0.15, 0.2) is 35.7 Å². The third kappa shape index (κ3) is 3.32. The highest BCUT2D eigenvalue weighted by atomic mass is 32.1. The number of amides is 1. The van der Waals surface area contributed by atoms with Gasteiger partial charge in [0.05, 0.1) is 17.0 Å². The molecule has 0 radical (unpaired) electrons. The van der Waals surface area contributed by atoms with Gasteiger partial charge in [0.25, 0.3) is 5.91 Å². The molecule has 0 bridgehead atoms. The summed E-state index contributed by atoms with van der Waals surface area (Å²) in [5, 5.41) is 22.7. The van der Waals surface area contributed by atoms with Crippen molar-refractivity contribution in [2.45, 2.75) is 6.42 Å². The molecule has 0 aliphatic heterocycles. The maximum Gasteiger partial charge on any atom is 0.307 e. The van der Waals surface area contributed by atoms with Crippen molar-refractivity contribution < 1.29 is 19.8 Å². The average Bonchev–Trinajstić information content (AvgIpc) is 2.86. The van der Waals surface area contributed by atoms with Gasteiger partial charge in [-0.05, 0) is 29.1 Å². The Bertz CT molecular complexity index is 607. The number of benzene rings is 1. The molecule has 19 heavy (non-hydrogen) atoms. The van der Waals surface area contributed by atoms with Crippen molar-refractivity contribution >= 4 is 28.9 Å². The fourth-order valence-electron chi connectivity index (χ4n) is 1.56. The van der Waals surface area contributed by atoms with Gasteiger partial charge in [-0.1, -0.05) is 12.1 Å². The largest absolute Gasteiger partial charge is 0.506 e. The van der Waals surface area contributed by atoms with E-state index in [2.05, 4.69) is 5.32 Å². The van der Waals surface area contributed by atoms with Crippen molar-refractivity contribution in [3.8, 4) is 5.75 Å². The number of carboxylic acid groups (broad SMARTS) is 1. The molecule has 0 saturated heterocycles. The van der Waals surface area contributed by atoms with Gasteiger partial charge in [0.1, 0.15) is 5.75 Å². The number of phenolic OH excluding ortho intramolecular Hbond substituents is 1. The number of phenols is 1. The standard InChI is InChI=1S/C13H11NO4S/c15-10-4-3-8(7-12(16)17)6-9(10)14-13(18)11-2-1-5-19-11/h1-6,15H,7H2,(H,14,18)(H,16,17). The summed E-state index contributed by atoms with van der Waals surface area (Å²) in [6.45, 7) is 0. The van der Waals surface area contributed by atoms with Crippen LogP contribution in [0.5, 0.6) is 5.75 Å². The summed E-state index contributed by atoms with van der Waals surface area (Å²) in [7, 11) is 0. The first-order valence-electron chi connectivity index (χ1n) is 5.45. The second-order valence-corrected chi connectivity index (χ2v) is 4.80. The van der Waals surface area contributed by atoms with Crippen molar-refractivity contribution in [2.24, 2.45) is 0 Å². The summed E-state index contributed by atoms with van der Waals surface area (Å²) < 4.78 is 0. The molecule has 2 aromatic rings. The zero-order valence-corrected chi connectivity index (χ0v) is 10.6. The van der Waals surface area contributed by atoms with E-state index in [-0.39, 0.29) is 23.8 Å². The Morgan fingerprint density at radius 2 is 2.05 bits per heavy atom. The minimum atomic E-state index is -0.971. The summed E-state index contributed by atoms with van der Waals surface area (Å²) >= 11 is 1.28. The van der Waals surface area contributed by atoms with Crippen LogP contribution in [0.25, 0.3) is 0 Å². The first-order chi connectivity index (χ1) is 9.06. The Morgan fingerprint density at radius 3 is 2.68 bits per heavy atom. The molecular weight excluding hydrogens is 266 g/mol. The van der Waals surface area contributed by atoms with Crippen LogP contribution in [0.4, 0.5) is 5.69 Å². The van der Waals surface area contributed by atoms with Gasteiger partial charge >= 0.3 is 5.97 Å². The van der Waals surface area contributed by atoms with Crippen molar-refractivity contribution in [1.29, 1.82) is 0 Å². The summed E-state index contributed by atoms with van der Waals surface area (Å²) in [5.41, 5.74) is 0.712. The topological polar surface area (TPSA) is 86.6 Å². The number of rotatable bonds is 4. The third-order valence-electron chi connectivity index (χ3n) is 2.41. The van der Waals surface area contributed by atoms with E-state index in [1.165, 1.54) is 29.5 Å². The van der Waals surface area contributed by atoms with Crippen LogP contribution in [0.1, 0.15) is 15.2 Å². The molecule has 6 heteroatoms. The lowest BCUT2D eigenvalue weighted by Gasteiger charge is -2.08. The Labute approximate surface area is 113 Å². The molecule has 1 heterocycles. The number of aliphatic carboxylic acids is 1. The van der Waals surface area contributed by atoms with Crippen LogP contribution >= 0.6 is 11.3 Å². The van der Waals surface area contributed by atoms with E-state index in [0.717, 1.165) is 0 Å². The van der Waals surface area contributed by atoms with E-state index in [1.54, 1.807) is 17.5 Å². The SMILES string of the molecule is O=C(O)Cc1ccc(O)c(NC(=O)c2cccs2)c1. The number of nitrogens with one attached hydrogen (secondary N) is 1. The lowest BCUT2D eigenvalue weighted by atomic mass is 10.1. The first kappa shape index (κ1) is 13.1. The first-order valence-corrected chi connectivity index (χ1v) is 6.33. The van der Waals surface area contributed by atoms with Gasteiger partial charge in [0, 0.05) is 0 Å². The predicted octanol–water partition coefficient (Wildman–Crippen LogP) is 2.33. The molecule has 1 aromatic heterocycles. The molecule has 2 rings (SSSR count). The average molecular weight is 277 g/mol. The predicted molar refractivity (Wildman–Crippen MR) is 71.7 cm³/mol. The smallest absolute Gasteiger partial charge is 0.307 e. The van der Waals surface area contributed by atoms with Gasteiger partial charge < -0.3 is 15.5 Å². The lowest BCUT2D eigenvalue weighted by Crippen LogP contribution is -2.11. The van der Waals surface area contributed by atoms with Gasteiger partial charge in [0.15, 0.2) is 0 Å². The number of thiophene rings is 1. The Morgan fingerprint density at radius 1 is 1.26 bits per heavy atom. The zero-order chi connectivity index (χ0) is 13.8. The monoisotopic (exact) mass is 277 g/mol. The number of anilines is 1. The van der Waals surface area contributed by atoms with E-state index >= 15 is 0 Å². The second-order valence-electron chi connectivity index (χ2n) is 3.85. The van der Waals surface area contributed by atoms with Crippen molar-refractivity contribution in [2.75, 3.05) is 5.32 Å². The minimum absolute atomic E-state index is 0.0981. The van der Waals surface area contributed by atoms with Crippen LogP contribution in [-0.4, -0.2) is 22.1 Å². The highest BCUT2D eigenvalue weighted by Crippen LogP contribution is 2.25. The number of hydrogen-bond acceptors (Lipinski definition) is 4. The zero-order valence-electron chi connectivity index (χ0n) is 9.79. The van der Waals surface area contributed by atoms with E-state index < -0.39 is 5.97 Å². The van der Waals surface area contributed by atoms with E-state index in [0.29, 0.717) is 10.4 Å². The summed E-state index contributed by atoms with van der Waals surface area (Å²) in [5.74, 6) is -1.40. The number of hydrogen-bond donors (Lipinski definition) is 3. The highest BCUT2D eigenvalue weighted by molar-refractivity contribution is 7.12. The maximum absolute atomic E-state index is 11.8. The number of aromatic hydroxyl groups is 1. The number of carbonyl (C=O) groups is 2. The molecule has 1 aromatic carbocycles. The highest BCUT2D eigenvalue weighted by Gasteiger charge is 2.11. The quantitative estimate of drug-likeness (QED) is 0.749. The van der Waals surface area contributed by atoms with Crippen molar-refractivity contribution in [3.63, 3.8) is 0 Å². The van der Waals surface area contributed by atoms with Crippen LogP contribution in [0.2, 0.25) is 0 Å². The van der Waals surface area contributed by atoms with E-state index in [4.69, 9.17) is 5.11 Å². The molecule has 0 spiro atoms. The van der Waals surface area contributed by atoms with E-state index in [9.17, 15) is 14.7 Å². The molecular formula is C13H11NO4S. The lowest BCUT2D eigenvalue weighted by molar-refractivity contribution is -0.136. The Kier molecular flexibility index (Phi) is 3.82. The molecule has 0 aliphatic rings. The fraction of sp³-hybridized carbons (Fsp3) is 0.0769. The Hall–Kier alpha value is -2.34. The van der Waals surface area contributed by atoms with Gasteiger partial charge in [-0.3, -0.25) is 9.59 Å². The normalized spacial score (nSPS) is 10.1. The number of carbonyl (C=O) groups excluding carboxylic acids is 1. The van der Waals surface area contributed by atoms with Crippen molar-refractivity contribution in [3.05, 3.63) is 46.2 Å². The molecule has 0 saturated carbocycles. The maximum atomic E-state index is 11.8. The van der Waals surface area contributed by atoms with Gasteiger partial charge in [-0.15, -0.1) is 11.3 Å². The summed E-state index contributed by atoms with van der Waals surface area (Å²) in [4.78, 5) is 23.0. The van der Waals surface area contributed by atoms with Gasteiger partial charge in [-0.25, -0.2) is 0 Å². The second kappa shape index (κ2) is 5.53. The van der Waals surface area contributed by atoms with Gasteiger partial charge in [0.2, 0.25) is 0 Å². The fourth-order valence-corrected chi connectivity index (χ4v) is 2.18. The molecule has 0 unspecified atom stereocenters. The van der Waals surface area contributed by atoms with Crippen LogP contribution in [-0.2, 0) is 11.2 Å². The van der Waals surface area contributed by atoms with Crippen LogP contribution < -0.4 is 5.32 Å². The van der Waals surface area contributed by atoms with Crippen molar-refractivity contribution in [1.82, 2.24) is 0 Å². The van der Waals surface area contributed by atoms with E-state index in [1.807, 2.05) is 0 Å². The van der Waals surface area contributed by atoms with Gasteiger partial charge in [-0.2, -0.15) is 0 Å². The molecule has 0 aliphatic carbocycles. The van der Waals surface area contributed by atoms with Crippen LogP contribution in [0, 0.1) is 0 Å².